The Morgan fingerprint density at radius 1 is 1.20 bits per heavy atom. The molecule has 0 fully saturated rings. The molecule has 0 aliphatic carbocycles. The van der Waals surface area contributed by atoms with Crippen LogP contribution in [0.1, 0.15) is 38.1 Å². The molecule has 102 valence electrons. The molecule has 0 saturated heterocycles. The third-order valence-electron chi connectivity index (χ3n) is 4.14. The van der Waals surface area contributed by atoms with Crippen molar-refractivity contribution in [3.05, 3.63) is 30.4 Å². The summed E-state index contributed by atoms with van der Waals surface area (Å²) in [4.78, 5) is 9.57. The summed E-state index contributed by atoms with van der Waals surface area (Å²) in [7, 11) is 1.92. The molecule has 0 aromatic carbocycles. The SMILES string of the molecule is CC1CC(C)n2c1nc1ccc(-c3cnn(C)c3)nc12. The van der Waals surface area contributed by atoms with Crippen LogP contribution < -0.4 is 0 Å². The lowest BCUT2D eigenvalue weighted by molar-refractivity contribution is 0.570. The number of fused-ring (bicyclic) bond motifs is 3. The topological polar surface area (TPSA) is 48.5 Å². The third kappa shape index (κ3) is 1.52. The Labute approximate surface area is 117 Å². The van der Waals surface area contributed by atoms with Gasteiger partial charge in [0.2, 0.25) is 0 Å². The number of rotatable bonds is 1. The van der Waals surface area contributed by atoms with Gasteiger partial charge < -0.3 is 4.57 Å². The predicted molar refractivity (Wildman–Crippen MR) is 77.5 cm³/mol. The first-order valence-corrected chi connectivity index (χ1v) is 7.01. The Bertz CT molecular complexity index is 798. The van der Waals surface area contributed by atoms with E-state index < -0.39 is 0 Å². The molecule has 5 heteroatoms. The maximum Gasteiger partial charge on any atom is 0.160 e. The van der Waals surface area contributed by atoms with Crippen LogP contribution in [0.2, 0.25) is 0 Å². The van der Waals surface area contributed by atoms with Crippen LogP contribution in [0.4, 0.5) is 0 Å². The number of pyridine rings is 1. The minimum absolute atomic E-state index is 0.474. The maximum absolute atomic E-state index is 4.82. The highest BCUT2D eigenvalue weighted by molar-refractivity contribution is 5.76. The van der Waals surface area contributed by atoms with E-state index in [2.05, 4.69) is 29.6 Å². The standard InChI is InChI=1S/C15H17N5/c1-9-6-10(2)20-14(9)18-13-5-4-12(17-15(13)20)11-7-16-19(3)8-11/h4-5,7-10H,6H2,1-3H3. The largest absolute Gasteiger partial charge is 0.310 e. The van der Waals surface area contributed by atoms with E-state index in [0.717, 1.165) is 28.8 Å². The summed E-state index contributed by atoms with van der Waals surface area (Å²) < 4.78 is 4.09. The van der Waals surface area contributed by atoms with Crippen LogP contribution in [-0.4, -0.2) is 24.3 Å². The first-order chi connectivity index (χ1) is 9.63. The first-order valence-electron chi connectivity index (χ1n) is 7.01. The van der Waals surface area contributed by atoms with Gasteiger partial charge in [0.1, 0.15) is 11.3 Å². The molecule has 0 saturated carbocycles. The molecule has 20 heavy (non-hydrogen) atoms. The molecule has 3 aromatic rings. The van der Waals surface area contributed by atoms with Gasteiger partial charge >= 0.3 is 0 Å². The Balaban J connectivity index is 1.93. The number of aromatic nitrogens is 5. The minimum atomic E-state index is 0.474. The highest BCUT2D eigenvalue weighted by Crippen LogP contribution is 2.38. The molecule has 0 radical (unpaired) electrons. The molecule has 4 heterocycles. The van der Waals surface area contributed by atoms with E-state index in [1.165, 1.54) is 5.82 Å². The van der Waals surface area contributed by atoms with Crippen molar-refractivity contribution in [2.45, 2.75) is 32.2 Å². The van der Waals surface area contributed by atoms with E-state index in [1.807, 2.05) is 25.5 Å². The van der Waals surface area contributed by atoms with Gasteiger partial charge in [-0.25, -0.2) is 9.97 Å². The Morgan fingerprint density at radius 3 is 2.80 bits per heavy atom. The Kier molecular flexibility index (Phi) is 2.28. The van der Waals surface area contributed by atoms with Gasteiger partial charge in [0, 0.05) is 30.8 Å². The molecule has 2 unspecified atom stereocenters. The molecule has 3 aromatic heterocycles. The monoisotopic (exact) mass is 267 g/mol. The van der Waals surface area contributed by atoms with Gasteiger partial charge in [-0.2, -0.15) is 5.10 Å². The van der Waals surface area contributed by atoms with Crippen molar-refractivity contribution in [2.24, 2.45) is 7.05 Å². The van der Waals surface area contributed by atoms with E-state index in [0.29, 0.717) is 12.0 Å². The van der Waals surface area contributed by atoms with Crippen molar-refractivity contribution in [2.75, 3.05) is 0 Å². The predicted octanol–water partition coefficient (Wildman–Crippen LogP) is 2.90. The van der Waals surface area contributed by atoms with Gasteiger partial charge in [0.25, 0.3) is 0 Å². The van der Waals surface area contributed by atoms with Crippen LogP contribution in [0.25, 0.3) is 22.4 Å². The van der Waals surface area contributed by atoms with Crippen molar-refractivity contribution < 1.29 is 0 Å². The summed E-state index contributed by atoms with van der Waals surface area (Å²) >= 11 is 0. The molecule has 0 bridgehead atoms. The fourth-order valence-electron chi connectivity index (χ4n) is 3.21. The van der Waals surface area contributed by atoms with E-state index >= 15 is 0 Å². The lowest BCUT2D eigenvalue weighted by Gasteiger charge is -2.07. The number of nitrogens with zero attached hydrogens (tertiary/aromatic N) is 5. The quantitative estimate of drug-likeness (QED) is 0.681. The van der Waals surface area contributed by atoms with Gasteiger partial charge in [-0.3, -0.25) is 4.68 Å². The second-order valence-electron chi connectivity index (χ2n) is 5.77. The van der Waals surface area contributed by atoms with Crippen molar-refractivity contribution in [3.63, 3.8) is 0 Å². The Morgan fingerprint density at radius 2 is 2.05 bits per heavy atom. The lowest BCUT2D eigenvalue weighted by Crippen LogP contribution is -2.00. The third-order valence-corrected chi connectivity index (χ3v) is 4.14. The molecule has 0 amide bonds. The normalized spacial score (nSPS) is 21.6. The van der Waals surface area contributed by atoms with Crippen molar-refractivity contribution in [3.8, 4) is 11.3 Å². The van der Waals surface area contributed by atoms with E-state index in [-0.39, 0.29) is 0 Å². The number of aryl methyl sites for hydroxylation is 1. The second kappa shape index (κ2) is 3.91. The molecule has 5 nitrogen and oxygen atoms in total. The van der Waals surface area contributed by atoms with Crippen molar-refractivity contribution in [1.82, 2.24) is 24.3 Å². The second-order valence-corrected chi connectivity index (χ2v) is 5.77. The van der Waals surface area contributed by atoms with E-state index in [1.54, 1.807) is 4.68 Å². The molecule has 4 rings (SSSR count). The van der Waals surface area contributed by atoms with Crippen molar-refractivity contribution in [1.29, 1.82) is 0 Å². The minimum Gasteiger partial charge on any atom is -0.310 e. The average molecular weight is 267 g/mol. The van der Waals surface area contributed by atoms with Crippen LogP contribution in [0.3, 0.4) is 0 Å². The Hall–Kier alpha value is -2.17. The fraction of sp³-hybridized carbons (Fsp3) is 0.400. The highest BCUT2D eigenvalue weighted by Gasteiger charge is 2.29. The van der Waals surface area contributed by atoms with Gasteiger partial charge in [-0.1, -0.05) is 6.92 Å². The zero-order valence-corrected chi connectivity index (χ0v) is 11.9. The van der Waals surface area contributed by atoms with Crippen LogP contribution in [-0.2, 0) is 7.05 Å². The van der Waals surface area contributed by atoms with Crippen LogP contribution in [0.5, 0.6) is 0 Å². The lowest BCUT2D eigenvalue weighted by atomic mass is 10.1. The van der Waals surface area contributed by atoms with Crippen LogP contribution in [0, 0.1) is 0 Å². The average Bonchev–Trinajstić information content (AvgIpc) is 3.06. The van der Waals surface area contributed by atoms with Crippen LogP contribution in [0.15, 0.2) is 24.5 Å². The molecule has 1 aliphatic rings. The summed E-state index contributed by atoms with van der Waals surface area (Å²) in [6, 6.07) is 4.56. The van der Waals surface area contributed by atoms with Gasteiger partial charge in [0.05, 0.1) is 11.9 Å². The first kappa shape index (κ1) is 11.6. The van der Waals surface area contributed by atoms with Crippen LogP contribution >= 0.6 is 0 Å². The van der Waals surface area contributed by atoms with E-state index in [4.69, 9.17) is 9.97 Å². The summed E-state index contributed by atoms with van der Waals surface area (Å²) in [6.45, 7) is 4.48. The van der Waals surface area contributed by atoms with Crippen molar-refractivity contribution >= 4 is 11.2 Å². The number of hydrogen-bond donors (Lipinski definition) is 0. The molecular formula is C15H17N5. The fourth-order valence-corrected chi connectivity index (χ4v) is 3.21. The maximum atomic E-state index is 4.82. The van der Waals surface area contributed by atoms with E-state index in [9.17, 15) is 0 Å². The number of imidazole rings is 1. The highest BCUT2D eigenvalue weighted by atomic mass is 15.2. The molecule has 2 atom stereocenters. The molecule has 0 spiro atoms. The summed E-state index contributed by atoms with van der Waals surface area (Å²) in [5.41, 5.74) is 3.99. The summed E-state index contributed by atoms with van der Waals surface area (Å²) in [6.07, 6.45) is 4.99. The summed E-state index contributed by atoms with van der Waals surface area (Å²) in [5.74, 6) is 1.68. The molecular weight excluding hydrogens is 250 g/mol. The number of hydrogen-bond acceptors (Lipinski definition) is 3. The zero-order valence-electron chi connectivity index (χ0n) is 11.9. The molecule has 0 N–H and O–H groups in total. The molecule has 1 aliphatic heterocycles. The van der Waals surface area contributed by atoms with Gasteiger partial charge in [-0.05, 0) is 25.5 Å². The smallest absolute Gasteiger partial charge is 0.160 e. The zero-order chi connectivity index (χ0) is 13.9. The van der Waals surface area contributed by atoms with Gasteiger partial charge in [0.15, 0.2) is 5.65 Å². The summed E-state index contributed by atoms with van der Waals surface area (Å²) in [5, 5.41) is 4.21. The van der Waals surface area contributed by atoms with Gasteiger partial charge in [-0.15, -0.1) is 0 Å².